The van der Waals surface area contributed by atoms with Crippen molar-refractivity contribution in [3.63, 3.8) is 0 Å². The Kier molecular flexibility index (Phi) is 6.53. The Bertz CT molecular complexity index is 663. The minimum absolute atomic E-state index is 0.0617. The summed E-state index contributed by atoms with van der Waals surface area (Å²) in [6, 6.07) is 4.22. The molecule has 1 saturated carbocycles. The number of piperazine rings is 1. The van der Waals surface area contributed by atoms with Gasteiger partial charge in [-0.05, 0) is 38.3 Å². The third-order valence-corrected chi connectivity index (χ3v) is 7.16. The molecule has 146 valence electrons. The Labute approximate surface area is 158 Å². The van der Waals surface area contributed by atoms with E-state index in [9.17, 15) is 8.42 Å². The summed E-state index contributed by atoms with van der Waals surface area (Å²) in [4.78, 5) is 9.55. The summed E-state index contributed by atoms with van der Waals surface area (Å²) in [5.41, 5.74) is 0. The number of hydrogen-bond donors (Lipinski definition) is 1. The molecule has 7 heteroatoms. The van der Waals surface area contributed by atoms with Gasteiger partial charge in [0, 0.05) is 44.5 Å². The van der Waals surface area contributed by atoms with E-state index in [1.165, 1.54) is 31.9 Å². The van der Waals surface area contributed by atoms with Crippen molar-refractivity contribution in [3.8, 4) is 0 Å². The standard InChI is InChI=1S/C19H32N4O2S/c1-3-6-16(2)21-26(24,25)18-9-10-19(20-15-18)23-13-11-22(12-14-23)17-7-4-5-8-17/h9-10,15-17,21H,3-8,11-14H2,1-2H3. The predicted molar refractivity (Wildman–Crippen MR) is 105 cm³/mol. The maximum absolute atomic E-state index is 12.4. The fourth-order valence-corrected chi connectivity index (χ4v) is 5.35. The van der Waals surface area contributed by atoms with Crippen LogP contribution in [0.25, 0.3) is 0 Å². The number of anilines is 1. The van der Waals surface area contributed by atoms with Crippen LogP contribution in [-0.2, 0) is 10.0 Å². The van der Waals surface area contributed by atoms with Gasteiger partial charge in [-0.2, -0.15) is 0 Å². The van der Waals surface area contributed by atoms with Gasteiger partial charge in [0.25, 0.3) is 0 Å². The second-order valence-corrected chi connectivity index (χ2v) is 9.34. The summed E-state index contributed by atoms with van der Waals surface area (Å²) < 4.78 is 27.6. The molecule has 6 nitrogen and oxygen atoms in total. The molecular weight excluding hydrogens is 348 g/mol. The zero-order chi connectivity index (χ0) is 18.6. The number of nitrogens with one attached hydrogen (secondary N) is 1. The van der Waals surface area contributed by atoms with Gasteiger partial charge in [-0.1, -0.05) is 26.2 Å². The molecule has 1 atom stereocenters. The van der Waals surface area contributed by atoms with E-state index in [1.807, 2.05) is 19.9 Å². The molecule has 0 amide bonds. The van der Waals surface area contributed by atoms with Crippen LogP contribution in [0.1, 0.15) is 52.4 Å². The molecule has 1 aliphatic carbocycles. The molecule has 2 heterocycles. The van der Waals surface area contributed by atoms with Crippen molar-refractivity contribution in [2.45, 2.75) is 69.4 Å². The Balaban J connectivity index is 1.57. The second-order valence-electron chi connectivity index (χ2n) is 7.62. The molecule has 2 aliphatic rings. The molecular formula is C19H32N4O2S. The zero-order valence-electron chi connectivity index (χ0n) is 16.0. The minimum Gasteiger partial charge on any atom is -0.354 e. The molecule has 0 bridgehead atoms. The number of nitrogens with zero attached hydrogens (tertiary/aromatic N) is 3. The van der Waals surface area contributed by atoms with E-state index in [2.05, 4.69) is 19.5 Å². The van der Waals surface area contributed by atoms with Crippen molar-refractivity contribution < 1.29 is 8.42 Å². The Morgan fingerprint density at radius 3 is 2.46 bits per heavy atom. The molecule has 0 spiro atoms. The smallest absolute Gasteiger partial charge is 0.242 e. The van der Waals surface area contributed by atoms with Gasteiger partial charge < -0.3 is 4.90 Å². The van der Waals surface area contributed by atoms with Gasteiger partial charge in [0.15, 0.2) is 0 Å². The van der Waals surface area contributed by atoms with Crippen LogP contribution in [0.5, 0.6) is 0 Å². The lowest BCUT2D eigenvalue weighted by Gasteiger charge is -2.38. The highest BCUT2D eigenvalue weighted by atomic mass is 32.2. The summed E-state index contributed by atoms with van der Waals surface area (Å²) in [6.07, 6.45) is 8.69. The molecule has 0 aromatic carbocycles. The van der Waals surface area contributed by atoms with Gasteiger partial charge in [0.05, 0.1) is 0 Å². The zero-order valence-corrected chi connectivity index (χ0v) is 16.8. The normalized spacial score (nSPS) is 21.2. The lowest BCUT2D eigenvalue weighted by molar-refractivity contribution is 0.187. The number of rotatable bonds is 7. The molecule has 1 N–H and O–H groups in total. The van der Waals surface area contributed by atoms with E-state index in [1.54, 1.807) is 6.07 Å². The van der Waals surface area contributed by atoms with Gasteiger partial charge in [0.1, 0.15) is 10.7 Å². The maximum atomic E-state index is 12.4. The van der Waals surface area contributed by atoms with Crippen LogP contribution < -0.4 is 9.62 Å². The Morgan fingerprint density at radius 2 is 1.88 bits per heavy atom. The lowest BCUT2D eigenvalue weighted by Crippen LogP contribution is -2.50. The average molecular weight is 381 g/mol. The highest BCUT2D eigenvalue weighted by Gasteiger charge is 2.26. The molecule has 1 aromatic rings. The minimum atomic E-state index is -3.49. The van der Waals surface area contributed by atoms with Gasteiger partial charge in [0.2, 0.25) is 10.0 Å². The van der Waals surface area contributed by atoms with E-state index < -0.39 is 10.0 Å². The van der Waals surface area contributed by atoms with Gasteiger partial charge in [-0.3, -0.25) is 4.90 Å². The van der Waals surface area contributed by atoms with Crippen molar-refractivity contribution in [1.82, 2.24) is 14.6 Å². The van der Waals surface area contributed by atoms with Crippen LogP contribution in [0.3, 0.4) is 0 Å². The van der Waals surface area contributed by atoms with Crippen LogP contribution in [-0.4, -0.2) is 56.6 Å². The SMILES string of the molecule is CCCC(C)NS(=O)(=O)c1ccc(N2CCN(C3CCCC3)CC2)nc1. The molecule has 3 rings (SSSR count). The molecule has 1 aromatic heterocycles. The van der Waals surface area contributed by atoms with Crippen LogP contribution in [0.2, 0.25) is 0 Å². The van der Waals surface area contributed by atoms with Crippen LogP contribution in [0.15, 0.2) is 23.2 Å². The number of sulfonamides is 1. The summed E-state index contributed by atoms with van der Waals surface area (Å²) in [5, 5.41) is 0. The Hall–Kier alpha value is -1.18. The fourth-order valence-electron chi connectivity index (χ4n) is 4.13. The van der Waals surface area contributed by atoms with E-state index >= 15 is 0 Å². The summed E-state index contributed by atoms with van der Waals surface area (Å²) in [6.45, 7) is 8.01. The van der Waals surface area contributed by atoms with Gasteiger partial charge in [-0.25, -0.2) is 18.1 Å². The number of pyridine rings is 1. The number of aromatic nitrogens is 1. The van der Waals surface area contributed by atoms with Crippen LogP contribution in [0.4, 0.5) is 5.82 Å². The first-order chi connectivity index (χ1) is 12.5. The first-order valence-electron chi connectivity index (χ1n) is 9.97. The maximum Gasteiger partial charge on any atom is 0.242 e. The molecule has 1 saturated heterocycles. The molecule has 1 unspecified atom stereocenters. The second kappa shape index (κ2) is 8.67. The predicted octanol–water partition coefficient (Wildman–Crippen LogP) is 2.61. The molecule has 2 fully saturated rings. The van der Waals surface area contributed by atoms with Crippen LogP contribution >= 0.6 is 0 Å². The van der Waals surface area contributed by atoms with E-state index in [0.717, 1.165) is 50.9 Å². The summed E-state index contributed by atoms with van der Waals surface area (Å²) >= 11 is 0. The first kappa shape index (κ1) is 19.6. The quantitative estimate of drug-likeness (QED) is 0.788. The topological polar surface area (TPSA) is 65.5 Å². The highest BCUT2D eigenvalue weighted by molar-refractivity contribution is 7.89. The third kappa shape index (κ3) is 4.75. The number of hydrogen-bond acceptors (Lipinski definition) is 5. The third-order valence-electron chi connectivity index (χ3n) is 5.59. The van der Waals surface area contributed by atoms with Crippen LogP contribution in [0, 0.1) is 0 Å². The monoisotopic (exact) mass is 380 g/mol. The van der Waals surface area contributed by atoms with E-state index in [4.69, 9.17) is 0 Å². The summed E-state index contributed by atoms with van der Waals surface area (Å²) in [7, 11) is -3.49. The Morgan fingerprint density at radius 1 is 1.19 bits per heavy atom. The summed E-state index contributed by atoms with van der Waals surface area (Å²) in [5.74, 6) is 0.872. The van der Waals surface area contributed by atoms with Crippen molar-refractivity contribution in [1.29, 1.82) is 0 Å². The van der Waals surface area contributed by atoms with Gasteiger partial charge >= 0.3 is 0 Å². The highest BCUT2D eigenvalue weighted by Crippen LogP contribution is 2.25. The molecule has 1 aliphatic heterocycles. The first-order valence-corrected chi connectivity index (χ1v) is 11.5. The van der Waals surface area contributed by atoms with Crippen molar-refractivity contribution in [2.75, 3.05) is 31.1 Å². The molecule has 26 heavy (non-hydrogen) atoms. The molecule has 0 radical (unpaired) electrons. The van der Waals surface area contributed by atoms with Crippen molar-refractivity contribution in [3.05, 3.63) is 18.3 Å². The largest absolute Gasteiger partial charge is 0.354 e. The van der Waals surface area contributed by atoms with E-state index in [0.29, 0.717) is 0 Å². The average Bonchev–Trinajstić information content (AvgIpc) is 3.16. The van der Waals surface area contributed by atoms with Gasteiger partial charge in [-0.15, -0.1) is 0 Å². The lowest BCUT2D eigenvalue weighted by atomic mass is 10.2. The van der Waals surface area contributed by atoms with Crippen molar-refractivity contribution >= 4 is 15.8 Å². The van der Waals surface area contributed by atoms with E-state index in [-0.39, 0.29) is 10.9 Å². The fraction of sp³-hybridized carbons (Fsp3) is 0.737. The van der Waals surface area contributed by atoms with Crippen molar-refractivity contribution in [2.24, 2.45) is 0 Å².